The molecule has 0 spiro atoms. The maximum Gasteiger partial charge on any atom is 0.308 e. The Morgan fingerprint density at radius 3 is 2.88 bits per heavy atom. The highest BCUT2D eigenvalue weighted by molar-refractivity contribution is 7.09. The van der Waals surface area contributed by atoms with Crippen LogP contribution in [0.1, 0.15) is 36.5 Å². The van der Waals surface area contributed by atoms with E-state index in [-0.39, 0.29) is 18.0 Å². The number of hydrogen-bond acceptors (Lipinski definition) is 4. The quantitative estimate of drug-likeness (QED) is 0.844. The number of carbonyl (C=O) groups is 1. The lowest BCUT2D eigenvalue weighted by Gasteiger charge is -2.35. The first kappa shape index (κ1) is 11.5. The molecule has 88 valence electrons. The molecular formula is C11H16N2O2S. The van der Waals surface area contributed by atoms with Crippen LogP contribution in [0, 0.1) is 12.8 Å². The smallest absolute Gasteiger partial charge is 0.308 e. The third kappa shape index (κ3) is 2.25. The van der Waals surface area contributed by atoms with Crippen LogP contribution >= 0.6 is 11.3 Å². The molecule has 2 rings (SSSR count). The standard InChI is InChI=1S/C11H16N2O2S/c1-6-5-16-10(12-6)7(2)13-9-4-3-8(9)11(14)15/h5,7-9,13H,3-4H2,1-2H3,(H,14,15). The lowest BCUT2D eigenvalue weighted by atomic mass is 9.79. The van der Waals surface area contributed by atoms with Crippen molar-refractivity contribution in [3.8, 4) is 0 Å². The van der Waals surface area contributed by atoms with Crippen molar-refractivity contribution in [1.82, 2.24) is 10.3 Å². The lowest BCUT2D eigenvalue weighted by molar-refractivity contribution is -0.146. The fraction of sp³-hybridized carbons (Fsp3) is 0.636. The van der Waals surface area contributed by atoms with E-state index in [0.717, 1.165) is 23.5 Å². The van der Waals surface area contributed by atoms with Crippen LogP contribution in [0.5, 0.6) is 0 Å². The summed E-state index contributed by atoms with van der Waals surface area (Å²) in [5.41, 5.74) is 1.03. The minimum atomic E-state index is -0.689. The highest BCUT2D eigenvalue weighted by Gasteiger charge is 2.37. The normalized spacial score (nSPS) is 26.1. The minimum absolute atomic E-state index is 0.108. The molecule has 0 radical (unpaired) electrons. The second-order valence-corrected chi connectivity index (χ2v) is 5.23. The Morgan fingerprint density at radius 1 is 1.69 bits per heavy atom. The molecule has 5 heteroatoms. The molecule has 0 amide bonds. The van der Waals surface area contributed by atoms with Crippen LogP contribution in [-0.2, 0) is 4.79 Å². The zero-order valence-corrected chi connectivity index (χ0v) is 10.3. The summed E-state index contributed by atoms with van der Waals surface area (Å²) >= 11 is 1.62. The van der Waals surface area contributed by atoms with Crippen LogP contribution in [0.25, 0.3) is 0 Å². The number of aromatic nitrogens is 1. The first-order chi connectivity index (χ1) is 7.58. The molecule has 1 fully saturated rings. The van der Waals surface area contributed by atoms with Crippen LogP contribution in [-0.4, -0.2) is 22.1 Å². The van der Waals surface area contributed by atoms with Gasteiger partial charge in [0.05, 0.1) is 12.0 Å². The van der Waals surface area contributed by atoms with Crippen molar-refractivity contribution in [2.45, 2.75) is 38.8 Å². The van der Waals surface area contributed by atoms with Gasteiger partial charge in [-0.05, 0) is 26.7 Å². The van der Waals surface area contributed by atoms with Crippen molar-refractivity contribution in [2.75, 3.05) is 0 Å². The molecule has 1 aliphatic rings. The number of aryl methyl sites for hydroxylation is 1. The summed E-state index contributed by atoms with van der Waals surface area (Å²) in [6, 6.07) is 0.252. The highest BCUT2D eigenvalue weighted by Crippen LogP contribution is 2.30. The van der Waals surface area contributed by atoms with Crippen molar-refractivity contribution in [2.24, 2.45) is 5.92 Å². The zero-order valence-electron chi connectivity index (χ0n) is 9.43. The number of rotatable bonds is 4. The van der Waals surface area contributed by atoms with Crippen LogP contribution in [0.4, 0.5) is 0 Å². The summed E-state index contributed by atoms with van der Waals surface area (Å²) in [5, 5.41) is 15.3. The van der Waals surface area contributed by atoms with Crippen molar-refractivity contribution < 1.29 is 9.90 Å². The number of aliphatic carboxylic acids is 1. The fourth-order valence-corrected chi connectivity index (χ4v) is 2.77. The van der Waals surface area contributed by atoms with Gasteiger partial charge in [-0.2, -0.15) is 0 Å². The molecule has 0 aromatic carbocycles. The van der Waals surface area contributed by atoms with Crippen molar-refractivity contribution in [1.29, 1.82) is 0 Å². The molecule has 0 aliphatic heterocycles. The average molecular weight is 240 g/mol. The van der Waals surface area contributed by atoms with Crippen LogP contribution in [0.15, 0.2) is 5.38 Å². The Hall–Kier alpha value is -0.940. The predicted molar refractivity (Wildman–Crippen MR) is 62.5 cm³/mol. The zero-order chi connectivity index (χ0) is 11.7. The summed E-state index contributed by atoms with van der Waals surface area (Å²) in [7, 11) is 0. The molecule has 2 N–H and O–H groups in total. The van der Waals surface area contributed by atoms with Gasteiger partial charge < -0.3 is 10.4 Å². The molecule has 1 saturated carbocycles. The van der Waals surface area contributed by atoms with E-state index in [1.54, 1.807) is 11.3 Å². The van der Waals surface area contributed by atoms with E-state index in [2.05, 4.69) is 10.3 Å². The Balaban J connectivity index is 1.93. The van der Waals surface area contributed by atoms with E-state index in [1.165, 1.54) is 0 Å². The molecule has 3 unspecified atom stereocenters. The molecular weight excluding hydrogens is 224 g/mol. The third-order valence-corrected chi connectivity index (χ3v) is 4.21. The van der Waals surface area contributed by atoms with Gasteiger partial charge in [0, 0.05) is 17.1 Å². The summed E-state index contributed by atoms with van der Waals surface area (Å²) < 4.78 is 0. The molecule has 16 heavy (non-hydrogen) atoms. The summed E-state index contributed by atoms with van der Waals surface area (Å²) in [4.78, 5) is 15.3. The molecule has 1 heterocycles. The Labute approximate surface area is 98.7 Å². The van der Waals surface area contributed by atoms with Gasteiger partial charge in [-0.25, -0.2) is 4.98 Å². The van der Waals surface area contributed by atoms with Gasteiger partial charge >= 0.3 is 5.97 Å². The van der Waals surface area contributed by atoms with Gasteiger partial charge in [-0.15, -0.1) is 11.3 Å². The molecule has 0 saturated heterocycles. The first-order valence-electron chi connectivity index (χ1n) is 5.49. The van der Waals surface area contributed by atoms with Gasteiger partial charge in [0.25, 0.3) is 0 Å². The highest BCUT2D eigenvalue weighted by atomic mass is 32.1. The number of thiazole rings is 1. The van der Waals surface area contributed by atoms with Gasteiger partial charge in [0.15, 0.2) is 0 Å². The first-order valence-corrected chi connectivity index (χ1v) is 6.36. The predicted octanol–water partition coefficient (Wildman–Crippen LogP) is 1.97. The van der Waals surface area contributed by atoms with Crippen LogP contribution < -0.4 is 5.32 Å². The van der Waals surface area contributed by atoms with E-state index < -0.39 is 5.97 Å². The maximum atomic E-state index is 10.9. The maximum absolute atomic E-state index is 10.9. The fourth-order valence-electron chi connectivity index (χ4n) is 1.96. The Bertz CT molecular complexity index is 391. The number of nitrogens with one attached hydrogen (secondary N) is 1. The summed E-state index contributed by atoms with van der Waals surface area (Å²) in [6.45, 7) is 4.01. The monoisotopic (exact) mass is 240 g/mol. The molecule has 1 aromatic rings. The van der Waals surface area contributed by atoms with Gasteiger partial charge in [-0.3, -0.25) is 4.79 Å². The summed E-state index contributed by atoms with van der Waals surface area (Å²) in [6.07, 6.45) is 1.74. The number of nitrogens with zero attached hydrogens (tertiary/aromatic N) is 1. The average Bonchev–Trinajstić information content (AvgIpc) is 2.58. The van der Waals surface area contributed by atoms with Crippen LogP contribution in [0.2, 0.25) is 0 Å². The molecule has 4 nitrogen and oxygen atoms in total. The number of carboxylic acid groups (broad SMARTS) is 1. The minimum Gasteiger partial charge on any atom is -0.481 e. The summed E-state index contributed by atoms with van der Waals surface area (Å²) in [5.74, 6) is -0.908. The van der Waals surface area contributed by atoms with Crippen LogP contribution in [0.3, 0.4) is 0 Å². The van der Waals surface area contributed by atoms with E-state index in [0.29, 0.717) is 0 Å². The molecule has 1 aromatic heterocycles. The number of hydrogen-bond donors (Lipinski definition) is 2. The van der Waals surface area contributed by atoms with Crippen molar-refractivity contribution >= 4 is 17.3 Å². The van der Waals surface area contributed by atoms with Gasteiger partial charge in [0.2, 0.25) is 0 Å². The Morgan fingerprint density at radius 2 is 2.44 bits per heavy atom. The lowest BCUT2D eigenvalue weighted by Crippen LogP contribution is -2.48. The van der Waals surface area contributed by atoms with E-state index in [4.69, 9.17) is 5.11 Å². The largest absolute Gasteiger partial charge is 0.481 e. The third-order valence-electron chi connectivity index (χ3n) is 3.06. The second kappa shape index (κ2) is 4.51. The van der Waals surface area contributed by atoms with Crippen molar-refractivity contribution in [3.05, 3.63) is 16.1 Å². The molecule has 1 aliphatic carbocycles. The van der Waals surface area contributed by atoms with E-state index >= 15 is 0 Å². The molecule has 3 atom stereocenters. The van der Waals surface area contributed by atoms with Gasteiger partial charge in [-0.1, -0.05) is 0 Å². The topological polar surface area (TPSA) is 62.2 Å². The van der Waals surface area contributed by atoms with Gasteiger partial charge in [0.1, 0.15) is 5.01 Å². The Kier molecular flexibility index (Phi) is 3.25. The number of carboxylic acids is 1. The van der Waals surface area contributed by atoms with E-state index in [1.807, 2.05) is 19.2 Å². The van der Waals surface area contributed by atoms with E-state index in [9.17, 15) is 4.79 Å². The van der Waals surface area contributed by atoms with Crippen molar-refractivity contribution in [3.63, 3.8) is 0 Å². The second-order valence-electron chi connectivity index (χ2n) is 4.34. The molecule has 0 bridgehead atoms. The SMILES string of the molecule is Cc1csc(C(C)NC2CCC2C(=O)O)n1.